The standard InChI is InChI=1S/C15H20N2O2/c1-16-12-5-2-10(3-6-12)8-11-4-7-13-14(9-11)19-15(18)17-13/h4,7,9-10,12,16H,2-3,5-6,8H2,1H3,(H,17,18). The van der Waals surface area contributed by atoms with E-state index in [1.807, 2.05) is 19.2 Å². The normalized spacial score (nSPS) is 23.8. The van der Waals surface area contributed by atoms with Gasteiger partial charge < -0.3 is 9.73 Å². The van der Waals surface area contributed by atoms with E-state index in [4.69, 9.17) is 4.42 Å². The minimum absolute atomic E-state index is 0.373. The summed E-state index contributed by atoms with van der Waals surface area (Å²) in [6.07, 6.45) is 6.17. The van der Waals surface area contributed by atoms with Crippen molar-refractivity contribution in [3.05, 3.63) is 34.3 Å². The third-order valence-corrected chi connectivity index (χ3v) is 4.26. The molecule has 2 aromatic rings. The van der Waals surface area contributed by atoms with Gasteiger partial charge in [-0.05, 0) is 62.8 Å². The number of hydrogen-bond acceptors (Lipinski definition) is 3. The highest BCUT2D eigenvalue weighted by atomic mass is 16.4. The number of aromatic nitrogens is 1. The van der Waals surface area contributed by atoms with Crippen molar-refractivity contribution in [2.75, 3.05) is 7.05 Å². The van der Waals surface area contributed by atoms with Crippen LogP contribution in [0, 0.1) is 5.92 Å². The number of oxazole rings is 1. The van der Waals surface area contributed by atoms with Gasteiger partial charge in [0, 0.05) is 6.04 Å². The Hall–Kier alpha value is -1.55. The van der Waals surface area contributed by atoms with Gasteiger partial charge in [0.25, 0.3) is 0 Å². The SMILES string of the molecule is CNC1CCC(Cc2ccc3[nH]c(=O)oc3c2)CC1. The Morgan fingerprint density at radius 2 is 2.11 bits per heavy atom. The number of H-pyrrole nitrogens is 1. The fraction of sp³-hybridized carbons (Fsp3) is 0.533. The van der Waals surface area contributed by atoms with Crippen LogP contribution in [0.4, 0.5) is 0 Å². The third kappa shape index (κ3) is 2.73. The maximum atomic E-state index is 11.1. The van der Waals surface area contributed by atoms with Gasteiger partial charge in [0.2, 0.25) is 0 Å². The fourth-order valence-electron chi connectivity index (χ4n) is 3.11. The molecule has 4 nitrogen and oxygen atoms in total. The smallest absolute Gasteiger partial charge is 0.408 e. The van der Waals surface area contributed by atoms with Crippen LogP contribution in [0.1, 0.15) is 31.2 Å². The van der Waals surface area contributed by atoms with Crippen molar-refractivity contribution >= 4 is 11.1 Å². The molecule has 1 fully saturated rings. The molecule has 0 spiro atoms. The zero-order valence-corrected chi connectivity index (χ0v) is 11.2. The predicted molar refractivity (Wildman–Crippen MR) is 75.3 cm³/mol. The molecule has 0 saturated heterocycles. The molecule has 1 heterocycles. The minimum Gasteiger partial charge on any atom is -0.408 e. The lowest BCUT2D eigenvalue weighted by molar-refractivity contribution is 0.300. The maximum absolute atomic E-state index is 11.1. The summed E-state index contributed by atoms with van der Waals surface area (Å²) in [7, 11) is 2.05. The van der Waals surface area contributed by atoms with Gasteiger partial charge in [-0.2, -0.15) is 0 Å². The summed E-state index contributed by atoms with van der Waals surface area (Å²) < 4.78 is 5.11. The fourth-order valence-corrected chi connectivity index (χ4v) is 3.11. The van der Waals surface area contributed by atoms with E-state index in [1.165, 1.54) is 31.2 Å². The molecule has 1 aromatic carbocycles. The molecule has 102 valence electrons. The van der Waals surface area contributed by atoms with E-state index in [2.05, 4.69) is 16.4 Å². The first-order chi connectivity index (χ1) is 9.24. The van der Waals surface area contributed by atoms with Gasteiger partial charge in [-0.1, -0.05) is 6.07 Å². The van der Waals surface area contributed by atoms with Crippen molar-refractivity contribution < 1.29 is 4.42 Å². The molecule has 19 heavy (non-hydrogen) atoms. The van der Waals surface area contributed by atoms with E-state index in [1.54, 1.807) is 0 Å². The minimum atomic E-state index is -0.373. The molecule has 1 aliphatic carbocycles. The summed E-state index contributed by atoms with van der Waals surface area (Å²) in [6, 6.07) is 6.73. The Labute approximate surface area is 112 Å². The van der Waals surface area contributed by atoms with E-state index in [0.717, 1.165) is 17.9 Å². The highest BCUT2D eigenvalue weighted by molar-refractivity contribution is 5.72. The first kappa shape index (κ1) is 12.5. The number of fused-ring (bicyclic) bond motifs is 1. The highest BCUT2D eigenvalue weighted by Gasteiger charge is 2.20. The van der Waals surface area contributed by atoms with Crippen molar-refractivity contribution in [3.63, 3.8) is 0 Å². The number of benzene rings is 1. The van der Waals surface area contributed by atoms with Gasteiger partial charge in [0.05, 0.1) is 5.52 Å². The Bertz CT molecular complexity index is 606. The monoisotopic (exact) mass is 260 g/mol. The average molecular weight is 260 g/mol. The molecule has 4 heteroatoms. The zero-order valence-electron chi connectivity index (χ0n) is 11.2. The lowest BCUT2D eigenvalue weighted by Crippen LogP contribution is -2.30. The van der Waals surface area contributed by atoms with Gasteiger partial charge in [-0.3, -0.25) is 4.98 Å². The second-order valence-corrected chi connectivity index (χ2v) is 5.56. The molecule has 0 radical (unpaired) electrons. The van der Waals surface area contributed by atoms with Gasteiger partial charge in [-0.25, -0.2) is 4.79 Å². The molecular weight excluding hydrogens is 240 g/mol. The van der Waals surface area contributed by atoms with Crippen molar-refractivity contribution in [1.82, 2.24) is 10.3 Å². The average Bonchev–Trinajstić information content (AvgIpc) is 2.79. The van der Waals surface area contributed by atoms with E-state index < -0.39 is 0 Å². The van der Waals surface area contributed by atoms with Gasteiger partial charge in [0.15, 0.2) is 5.58 Å². The number of hydrogen-bond donors (Lipinski definition) is 2. The molecule has 0 atom stereocenters. The molecule has 0 unspecified atom stereocenters. The molecule has 3 rings (SSSR count). The summed E-state index contributed by atoms with van der Waals surface area (Å²) >= 11 is 0. The number of nitrogens with one attached hydrogen (secondary N) is 2. The Morgan fingerprint density at radius 1 is 1.32 bits per heavy atom. The first-order valence-electron chi connectivity index (χ1n) is 7.03. The molecular formula is C15H20N2O2. The lowest BCUT2D eigenvalue weighted by Gasteiger charge is -2.28. The van der Waals surface area contributed by atoms with Crippen LogP contribution in [0.2, 0.25) is 0 Å². The van der Waals surface area contributed by atoms with E-state index in [0.29, 0.717) is 11.6 Å². The molecule has 1 aromatic heterocycles. The van der Waals surface area contributed by atoms with Crippen molar-refractivity contribution in [1.29, 1.82) is 0 Å². The van der Waals surface area contributed by atoms with Gasteiger partial charge >= 0.3 is 5.76 Å². The van der Waals surface area contributed by atoms with Gasteiger partial charge in [0.1, 0.15) is 0 Å². The number of aromatic amines is 1. The van der Waals surface area contributed by atoms with Crippen LogP contribution in [0.5, 0.6) is 0 Å². The summed E-state index contributed by atoms with van der Waals surface area (Å²) in [6.45, 7) is 0. The quantitative estimate of drug-likeness (QED) is 0.891. The van der Waals surface area contributed by atoms with Crippen molar-refractivity contribution in [3.8, 4) is 0 Å². The highest BCUT2D eigenvalue weighted by Crippen LogP contribution is 2.27. The lowest BCUT2D eigenvalue weighted by atomic mass is 9.82. The molecule has 2 N–H and O–H groups in total. The Morgan fingerprint density at radius 3 is 2.84 bits per heavy atom. The summed E-state index contributed by atoms with van der Waals surface area (Å²) in [5.74, 6) is 0.384. The summed E-state index contributed by atoms with van der Waals surface area (Å²) in [5.41, 5.74) is 2.72. The maximum Gasteiger partial charge on any atom is 0.417 e. The summed E-state index contributed by atoms with van der Waals surface area (Å²) in [5, 5.41) is 3.36. The van der Waals surface area contributed by atoms with E-state index >= 15 is 0 Å². The van der Waals surface area contributed by atoms with Crippen LogP contribution < -0.4 is 11.1 Å². The molecule has 1 aliphatic rings. The largest absolute Gasteiger partial charge is 0.417 e. The number of rotatable bonds is 3. The Balaban J connectivity index is 1.69. The second kappa shape index (κ2) is 5.21. The van der Waals surface area contributed by atoms with Crippen molar-refractivity contribution in [2.45, 2.75) is 38.1 Å². The van der Waals surface area contributed by atoms with Crippen molar-refractivity contribution in [2.24, 2.45) is 5.92 Å². The van der Waals surface area contributed by atoms with Crippen LogP contribution in [-0.2, 0) is 6.42 Å². The van der Waals surface area contributed by atoms with Crippen LogP contribution in [0.25, 0.3) is 11.1 Å². The molecule has 0 bridgehead atoms. The molecule has 0 amide bonds. The van der Waals surface area contributed by atoms with Crippen LogP contribution >= 0.6 is 0 Å². The van der Waals surface area contributed by atoms with E-state index in [9.17, 15) is 4.79 Å². The third-order valence-electron chi connectivity index (χ3n) is 4.26. The predicted octanol–water partition coefficient (Wildman–Crippen LogP) is 2.44. The molecule has 1 saturated carbocycles. The van der Waals surface area contributed by atoms with E-state index in [-0.39, 0.29) is 5.76 Å². The second-order valence-electron chi connectivity index (χ2n) is 5.56. The molecule has 0 aliphatic heterocycles. The zero-order chi connectivity index (χ0) is 13.2. The van der Waals surface area contributed by atoms with Crippen LogP contribution in [-0.4, -0.2) is 18.1 Å². The van der Waals surface area contributed by atoms with Crippen LogP contribution in [0.3, 0.4) is 0 Å². The van der Waals surface area contributed by atoms with Gasteiger partial charge in [-0.15, -0.1) is 0 Å². The first-order valence-corrected chi connectivity index (χ1v) is 7.03. The summed E-state index contributed by atoms with van der Waals surface area (Å²) in [4.78, 5) is 13.8. The topological polar surface area (TPSA) is 58.0 Å². The Kier molecular flexibility index (Phi) is 3.42. The van der Waals surface area contributed by atoms with Crippen LogP contribution in [0.15, 0.2) is 27.4 Å².